The van der Waals surface area contributed by atoms with Crippen LogP contribution in [-0.2, 0) is 6.54 Å². The van der Waals surface area contributed by atoms with Gasteiger partial charge in [-0.2, -0.15) is 0 Å². The predicted octanol–water partition coefficient (Wildman–Crippen LogP) is 3.83. The topological polar surface area (TPSA) is 41.5 Å². The summed E-state index contributed by atoms with van der Waals surface area (Å²) < 4.78 is 5.67. The minimum atomic E-state index is -0.429. The Morgan fingerprint density at radius 1 is 1.47 bits per heavy atom. The normalized spacial score (nSPS) is 17.7. The minimum Gasteiger partial charge on any atom is -0.491 e. The van der Waals surface area contributed by atoms with Crippen LogP contribution in [0.15, 0.2) is 29.6 Å². The number of ether oxygens (including phenoxy) is 1. The lowest BCUT2D eigenvalue weighted by Crippen LogP contribution is -2.15. The summed E-state index contributed by atoms with van der Waals surface area (Å²) in [5.41, 5.74) is 1.78. The Bertz CT molecular complexity index is 585. The summed E-state index contributed by atoms with van der Waals surface area (Å²) in [6.07, 6.45) is 0.221. The summed E-state index contributed by atoms with van der Waals surface area (Å²) in [6, 6.07) is 7.75. The Kier molecular flexibility index (Phi) is 3.64. The SMILES string of the molecule is O[C@H]1CCOc2c(NCc3cc(Cl)cs3)cccc21. The number of aliphatic hydroxyl groups is 1. The average molecular weight is 296 g/mol. The number of rotatable bonds is 3. The van der Waals surface area contributed by atoms with Gasteiger partial charge in [-0.3, -0.25) is 0 Å². The van der Waals surface area contributed by atoms with Crippen molar-refractivity contribution in [2.45, 2.75) is 19.1 Å². The number of halogens is 1. The Balaban J connectivity index is 1.79. The van der Waals surface area contributed by atoms with Crippen molar-refractivity contribution in [3.05, 3.63) is 45.1 Å². The molecule has 3 nitrogen and oxygen atoms in total. The van der Waals surface area contributed by atoms with Crippen molar-refractivity contribution in [3.63, 3.8) is 0 Å². The van der Waals surface area contributed by atoms with Gasteiger partial charge in [0.2, 0.25) is 0 Å². The first-order valence-corrected chi connectivity index (χ1v) is 7.40. The highest BCUT2D eigenvalue weighted by Crippen LogP contribution is 2.38. The van der Waals surface area contributed by atoms with E-state index in [9.17, 15) is 5.11 Å². The van der Waals surface area contributed by atoms with Gasteiger partial charge in [-0.05, 0) is 12.1 Å². The van der Waals surface area contributed by atoms with E-state index in [0.717, 1.165) is 22.0 Å². The molecular weight excluding hydrogens is 282 g/mol. The molecule has 0 bridgehead atoms. The van der Waals surface area contributed by atoms with Crippen LogP contribution in [0.3, 0.4) is 0 Å². The van der Waals surface area contributed by atoms with Crippen molar-refractivity contribution in [3.8, 4) is 5.75 Å². The van der Waals surface area contributed by atoms with Crippen LogP contribution in [0, 0.1) is 0 Å². The summed E-state index contributed by atoms with van der Waals surface area (Å²) in [5, 5.41) is 16.0. The number of hydrogen-bond donors (Lipinski definition) is 2. The van der Waals surface area contributed by atoms with Crippen molar-refractivity contribution < 1.29 is 9.84 Å². The Labute approximate surface area is 120 Å². The van der Waals surface area contributed by atoms with Crippen LogP contribution in [0.1, 0.15) is 23.0 Å². The zero-order valence-electron chi connectivity index (χ0n) is 10.2. The molecule has 1 aromatic carbocycles. The highest BCUT2D eigenvalue weighted by atomic mass is 35.5. The number of para-hydroxylation sites is 1. The van der Waals surface area contributed by atoms with Crippen molar-refractivity contribution in [1.29, 1.82) is 0 Å². The summed E-state index contributed by atoms with van der Waals surface area (Å²) in [7, 11) is 0. The van der Waals surface area contributed by atoms with Crippen LogP contribution >= 0.6 is 22.9 Å². The molecule has 0 saturated heterocycles. The van der Waals surface area contributed by atoms with E-state index < -0.39 is 6.10 Å². The van der Waals surface area contributed by atoms with Crippen molar-refractivity contribution in [1.82, 2.24) is 0 Å². The molecule has 0 saturated carbocycles. The zero-order valence-corrected chi connectivity index (χ0v) is 11.8. The Hall–Kier alpha value is -1.23. The van der Waals surface area contributed by atoms with Crippen LogP contribution in [0.5, 0.6) is 5.75 Å². The maximum Gasteiger partial charge on any atom is 0.148 e. The first kappa shape index (κ1) is 12.8. The summed E-state index contributed by atoms with van der Waals surface area (Å²) in [4.78, 5) is 1.17. The van der Waals surface area contributed by atoms with E-state index in [1.165, 1.54) is 4.88 Å². The first-order valence-electron chi connectivity index (χ1n) is 6.14. The zero-order chi connectivity index (χ0) is 13.2. The van der Waals surface area contributed by atoms with Crippen molar-refractivity contribution >= 4 is 28.6 Å². The Morgan fingerprint density at radius 3 is 3.16 bits per heavy atom. The molecular formula is C14H14ClNO2S. The van der Waals surface area contributed by atoms with Gasteiger partial charge in [0.15, 0.2) is 0 Å². The van der Waals surface area contributed by atoms with Gasteiger partial charge < -0.3 is 15.2 Å². The van der Waals surface area contributed by atoms with Gasteiger partial charge in [0.1, 0.15) is 5.75 Å². The molecule has 0 radical (unpaired) electrons. The molecule has 19 heavy (non-hydrogen) atoms. The molecule has 3 rings (SSSR count). The molecule has 1 aliphatic rings. The lowest BCUT2D eigenvalue weighted by molar-refractivity contribution is 0.116. The third kappa shape index (κ3) is 2.71. The molecule has 100 valence electrons. The molecule has 1 aliphatic heterocycles. The predicted molar refractivity (Wildman–Crippen MR) is 78.2 cm³/mol. The number of aliphatic hydroxyl groups excluding tert-OH is 1. The maximum absolute atomic E-state index is 9.95. The van der Waals surface area contributed by atoms with Crippen molar-refractivity contribution in [2.24, 2.45) is 0 Å². The van der Waals surface area contributed by atoms with E-state index in [-0.39, 0.29) is 0 Å². The second-order valence-electron chi connectivity index (χ2n) is 4.46. The fourth-order valence-corrected chi connectivity index (χ4v) is 3.19. The number of anilines is 1. The molecule has 1 aromatic heterocycles. The van der Waals surface area contributed by atoms with Crippen LogP contribution < -0.4 is 10.1 Å². The van der Waals surface area contributed by atoms with Gasteiger partial charge >= 0.3 is 0 Å². The second-order valence-corrected chi connectivity index (χ2v) is 5.89. The molecule has 0 spiro atoms. The summed E-state index contributed by atoms with van der Waals surface area (Å²) >= 11 is 7.52. The van der Waals surface area contributed by atoms with E-state index >= 15 is 0 Å². The van der Waals surface area contributed by atoms with Gasteiger partial charge in [-0.25, -0.2) is 0 Å². The Morgan fingerprint density at radius 2 is 2.37 bits per heavy atom. The molecule has 0 unspecified atom stereocenters. The van der Waals surface area contributed by atoms with Crippen LogP contribution in [0.4, 0.5) is 5.69 Å². The lowest BCUT2D eigenvalue weighted by Gasteiger charge is -2.24. The van der Waals surface area contributed by atoms with E-state index in [0.29, 0.717) is 19.6 Å². The largest absolute Gasteiger partial charge is 0.491 e. The maximum atomic E-state index is 9.95. The molecule has 1 atom stereocenters. The molecule has 5 heteroatoms. The standard InChI is InChI=1S/C14H14ClNO2S/c15-9-6-10(19-8-9)7-16-12-3-1-2-11-13(17)4-5-18-14(11)12/h1-3,6,8,13,16-17H,4-5,7H2/t13-/m0/s1. The van der Waals surface area contributed by atoms with Gasteiger partial charge in [0, 0.05) is 28.8 Å². The highest BCUT2D eigenvalue weighted by molar-refractivity contribution is 7.10. The van der Waals surface area contributed by atoms with Gasteiger partial charge in [-0.1, -0.05) is 23.7 Å². The van der Waals surface area contributed by atoms with Crippen LogP contribution in [0.2, 0.25) is 5.02 Å². The quantitative estimate of drug-likeness (QED) is 0.904. The number of hydrogen-bond acceptors (Lipinski definition) is 4. The fraction of sp³-hybridized carbons (Fsp3) is 0.286. The third-order valence-electron chi connectivity index (χ3n) is 3.12. The number of benzene rings is 1. The van der Waals surface area contributed by atoms with Gasteiger partial charge in [0.05, 0.1) is 23.4 Å². The van der Waals surface area contributed by atoms with E-state index in [4.69, 9.17) is 16.3 Å². The molecule has 2 heterocycles. The van der Waals surface area contributed by atoms with E-state index in [1.807, 2.05) is 29.6 Å². The minimum absolute atomic E-state index is 0.429. The second kappa shape index (κ2) is 5.41. The van der Waals surface area contributed by atoms with Gasteiger partial charge in [0.25, 0.3) is 0 Å². The molecule has 0 amide bonds. The first-order chi connectivity index (χ1) is 9.24. The van der Waals surface area contributed by atoms with E-state index in [2.05, 4.69) is 5.32 Å². The van der Waals surface area contributed by atoms with E-state index in [1.54, 1.807) is 11.3 Å². The lowest BCUT2D eigenvalue weighted by atomic mass is 10.0. The fourth-order valence-electron chi connectivity index (χ4n) is 2.17. The molecule has 2 aromatic rings. The number of fused-ring (bicyclic) bond motifs is 1. The van der Waals surface area contributed by atoms with Crippen molar-refractivity contribution in [2.75, 3.05) is 11.9 Å². The van der Waals surface area contributed by atoms with Crippen LogP contribution in [0.25, 0.3) is 0 Å². The third-order valence-corrected chi connectivity index (χ3v) is 4.40. The number of thiophene rings is 1. The van der Waals surface area contributed by atoms with Crippen LogP contribution in [-0.4, -0.2) is 11.7 Å². The average Bonchev–Trinajstić information content (AvgIpc) is 2.83. The highest BCUT2D eigenvalue weighted by Gasteiger charge is 2.21. The monoisotopic (exact) mass is 295 g/mol. The van der Waals surface area contributed by atoms with Gasteiger partial charge in [-0.15, -0.1) is 11.3 Å². The smallest absolute Gasteiger partial charge is 0.148 e. The molecule has 0 fully saturated rings. The molecule has 2 N–H and O–H groups in total. The number of nitrogens with one attached hydrogen (secondary N) is 1. The summed E-state index contributed by atoms with van der Waals surface area (Å²) in [6.45, 7) is 1.25. The molecule has 0 aliphatic carbocycles. The summed E-state index contributed by atoms with van der Waals surface area (Å²) in [5.74, 6) is 0.768.